The van der Waals surface area contributed by atoms with Crippen LogP contribution in [0.25, 0.3) is 0 Å². The van der Waals surface area contributed by atoms with E-state index in [1.54, 1.807) is 13.8 Å². The first-order chi connectivity index (χ1) is 31.2. The van der Waals surface area contributed by atoms with Crippen LogP contribution in [0.4, 0.5) is 0 Å². The summed E-state index contributed by atoms with van der Waals surface area (Å²) in [5.74, 6) is -0.118. The summed E-state index contributed by atoms with van der Waals surface area (Å²) in [6, 6.07) is 0. The van der Waals surface area contributed by atoms with Crippen LogP contribution < -0.4 is 0 Å². The molecule has 0 amide bonds. The molecule has 0 radical (unpaired) electrons. The number of cyclic esters (lactones) is 1. The topological polar surface area (TPSA) is 233 Å². The Labute approximate surface area is 378 Å². The average molecular weight is 921 g/mol. The molecule has 19 nitrogen and oxygen atoms in total. The molecule has 0 aromatic carbocycles. The van der Waals surface area contributed by atoms with E-state index in [0.717, 1.165) is 50.5 Å². The summed E-state index contributed by atoms with van der Waals surface area (Å²) in [6.07, 6.45) is -2.01. The van der Waals surface area contributed by atoms with Gasteiger partial charge in [0, 0.05) is 43.1 Å². The summed E-state index contributed by atoms with van der Waals surface area (Å²) in [4.78, 5) is 69.6. The molecule has 8 aliphatic rings. The van der Waals surface area contributed by atoms with Crippen LogP contribution in [0, 0.1) is 34.5 Å². The van der Waals surface area contributed by atoms with Gasteiger partial charge in [0.2, 0.25) is 0 Å². The van der Waals surface area contributed by atoms with Crippen molar-refractivity contribution in [1.29, 1.82) is 0 Å². The van der Waals surface area contributed by atoms with E-state index in [1.807, 2.05) is 6.92 Å². The third-order valence-corrected chi connectivity index (χ3v) is 16.8. The number of ether oxygens (including phenoxy) is 12. The van der Waals surface area contributed by atoms with Gasteiger partial charge in [-0.1, -0.05) is 13.8 Å². The third-order valence-electron chi connectivity index (χ3n) is 16.8. The lowest BCUT2D eigenvalue weighted by Gasteiger charge is -2.63. The molecule has 8 rings (SSSR count). The maximum atomic E-state index is 12.8. The van der Waals surface area contributed by atoms with Gasteiger partial charge in [-0.3, -0.25) is 24.0 Å². The second-order valence-electron chi connectivity index (χ2n) is 19.9. The van der Waals surface area contributed by atoms with Crippen LogP contribution in [0.3, 0.4) is 0 Å². The summed E-state index contributed by atoms with van der Waals surface area (Å²) in [5, 5.41) is 12.8. The third kappa shape index (κ3) is 8.95. The summed E-state index contributed by atoms with van der Waals surface area (Å²) >= 11 is 0. The van der Waals surface area contributed by atoms with Crippen molar-refractivity contribution in [3.63, 3.8) is 0 Å². The molecule has 0 unspecified atom stereocenters. The predicted octanol–water partition coefficient (Wildman–Crippen LogP) is 3.12. The highest BCUT2D eigenvalue weighted by molar-refractivity contribution is 5.85. The molecule has 4 aliphatic carbocycles. The van der Waals surface area contributed by atoms with E-state index in [2.05, 4.69) is 13.8 Å². The van der Waals surface area contributed by atoms with Crippen molar-refractivity contribution in [2.45, 2.75) is 197 Å². The number of carbonyl (C=O) groups is 6. The average Bonchev–Trinajstić information content (AvgIpc) is 3.78. The van der Waals surface area contributed by atoms with Crippen LogP contribution in [-0.2, 0) is 85.6 Å². The quantitative estimate of drug-likeness (QED) is 0.0955. The van der Waals surface area contributed by atoms with E-state index in [-0.39, 0.29) is 68.1 Å². The second kappa shape index (κ2) is 19.5. The number of fused-ring (bicyclic) bond motifs is 5. The fraction of sp³-hybridized carbons (Fsp3) is 0.826. The Morgan fingerprint density at radius 1 is 0.615 bits per heavy atom. The smallest absolute Gasteiger partial charge is 0.331 e. The minimum Gasteiger partial charge on any atom is -0.464 e. The summed E-state index contributed by atoms with van der Waals surface area (Å²) in [5.41, 5.74) is -0.937. The van der Waals surface area contributed by atoms with Crippen molar-refractivity contribution in [3.8, 4) is 0 Å². The van der Waals surface area contributed by atoms with Gasteiger partial charge < -0.3 is 61.9 Å². The molecule has 4 heterocycles. The van der Waals surface area contributed by atoms with Crippen LogP contribution in [0.1, 0.15) is 105 Å². The molecule has 21 atom stereocenters. The molecule has 4 aliphatic heterocycles. The van der Waals surface area contributed by atoms with Gasteiger partial charge >= 0.3 is 5.97 Å². The molecule has 7 fully saturated rings. The molecular weight excluding hydrogens is 856 g/mol. The number of rotatable bonds is 17. The molecule has 65 heavy (non-hydrogen) atoms. The van der Waals surface area contributed by atoms with Crippen molar-refractivity contribution < 1.29 is 90.7 Å². The lowest BCUT2D eigenvalue weighted by Crippen LogP contribution is -2.62. The van der Waals surface area contributed by atoms with E-state index in [1.165, 1.54) is 6.08 Å². The monoisotopic (exact) mass is 920 g/mol. The Kier molecular flexibility index (Phi) is 14.3. The molecule has 19 heteroatoms. The molecule has 0 aromatic rings. The van der Waals surface area contributed by atoms with Gasteiger partial charge in [0.05, 0.1) is 30.0 Å². The SMILES string of the molecule is C[C@@H]1O[C@H](O[C@H]2[C@@H](OC=O)C[C@H](O[C@H]3CC[C@@]4(C)[C@H](CC[C@@H]5[C@@H]4CC[C@]4(C)[C@@H](C6=CC(=O)OC6)[C@@H](OC=O)C[C@]54O)C3)O[C@@H]2C)C[C@@H](OC=O)[C@H]1O[C@H]1C[C@H](OC=O)[C@H](OC=O)[C@@H](C)O1. The molecule has 3 saturated heterocycles. The van der Waals surface area contributed by atoms with Crippen molar-refractivity contribution in [1.82, 2.24) is 0 Å². The van der Waals surface area contributed by atoms with Gasteiger partial charge in [-0.05, 0) is 94.5 Å². The maximum Gasteiger partial charge on any atom is 0.331 e. The normalized spacial score (nSPS) is 48.2. The highest BCUT2D eigenvalue weighted by Gasteiger charge is 2.71. The lowest BCUT2D eigenvalue weighted by molar-refractivity contribution is -0.336. The highest BCUT2D eigenvalue weighted by Crippen LogP contribution is 2.70. The lowest BCUT2D eigenvalue weighted by atomic mass is 9.43. The van der Waals surface area contributed by atoms with Gasteiger partial charge in [-0.25, -0.2) is 4.79 Å². The molecule has 0 aromatic heterocycles. The molecule has 4 saturated carbocycles. The number of carbonyl (C=O) groups excluding carboxylic acids is 6. The standard InChI is InChI=1S/C46H64O19/c1-24-41(59-23-51)32(55-19-47)14-38(60-24)64-43-26(3)62-39(16-34(43)57-21-49)65-42-25(2)61-37(15-33(42)56-20-48)63-29-8-10-44(4)28(13-29)6-7-31-30(44)9-11-45(5)40(27-12-36(52)54-18-27)35(58-22-50)17-46(31,45)53/h12,19-26,28-35,37-43,53H,6-11,13-18H2,1-5H3/t24-,25-,26+,28-,29+,30+,31-,32+,33+,34-,35+,37+,38+,39-,40+,41-,42-,43+,44+,45-,46+/m1/s1. The Bertz CT molecular complexity index is 1780. The van der Waals surface area contributed by atoms with Crippen molar-refractivity contribution in [2.75, 3.05) is 6.61 Å². The Morgan fingerprint density at radius 2 is 1.14 bits per heavy atom. The number of esters is 1. The van der Waals surface area contributed by atoms with Crippen LogP contribution >= 0.6 is 0 Å². The van der Waals surface area contributed by atoms with Crippen LogP contribution in [-0.4, -0.2) is 142 Å². The van der Waals surface area contributed by atoms with Gasteiger partial charge in [0.1, 0.15) is 43.2 Å². The zero-order chi connectivity index (χ0) is 46.3. The van der Waals surface area contributed by atoms with Gasteiger partial charge in [-0.2, -0.15) is 0 Å². The van der Waals surface area contributed by atoms with Crippen molar-refractivity contribution in [3.05, 3.63) is 11.6 Å². The van der Waals surface area contributed by atoms with Crippen LogP contribution in [0.5, 0.6) is 0 Å². The van der Waals surface area contributed by atoms with E-state index in [0.29, 0.717) is 31.8 Å². The first-order valence-electron chi connectivity index (χ1n) is 23.2. The minimum atomic E-state index is -1.08. The van der Waals surface area contributed by atoms with Gasteiger partial charge in [-0.15, -0.1) is 0 Å². The fourth-order valence-corrected chi connectivity index (χ4v) is 13.8. The van der Waals surface area contributed by atoms with E-state index >= 15 is 0 Å². The number of hydrogen-bond acceptors (Lipinski definition) is 19. The second-order valence-corrected chi connectivity index (χ2v) is 19.9. The molecular formula is C46H64O19. The molecule has 1 N–H and O–H groups in total. The zero-order valence-electron chi connectivity index (χ0n) is 37.6. The Balaban J connectivity index is 0.872. The van der Waals surface area contributed by atoms with E-state index < -0.39 is 96.9 Å². The fourth-order valence-electron chi connectivity index (χ4n) is 13.8. The van der Waals surface area contributed by atoms with Crippen molar-refractivity contribution >= 4 is 38.3 Å². The van der Waals surface area contributed by atoms with Crippen LogP contribution in [0.15, 0.2) is 11.6 Å². The molecule has 0 bridgehead atoms. The largest absolute Gasteiger partial charge is 0.464 e. The highest BCUT2D eigenvalue weighted by atomic mass is 16.8. The minimum absolute atomic E-state index is 0.00210. The molecule has 362 valence electrons. The summed E-state index contributed by atoms with van der Waals surface area (Å²) in [6.45, 7) is 11.5. The van der Waals surface area contributed by atoms with Gasteiger partial charge in [0.15, 0.2) is 25.0 Å². The first kappa shape index (κ1) is 47.8. The number of hydrogen-bond donors (Lipinski definition) is 1. The van der Waals surface area contributed by atoms with E-state index in [4.69, 9.17) is 56.8 Å². The number of aliphatic hydroxyl groups is 1. The zero-order valence-corrected chi connectivity index (χ0v) is 37.6. The predicted molar refractivity (Wildman–Crippen MR) is 217 cm³/mol. The molecule has 0 spiro atoms. The van der Waals surface area contributed by atoms with Gasteiger partial charge in [0.25, 0.3) is 32.4 Å². The first-order valence-corrected chi connectivity index (χ1v) is 23.2. The summed E-state index contributed by atoms with van der Waals surface area (Å²) < 4.78 is 70.2. The van der Waals surface area contributed by atoms with Crippen molar-refractivity contribution in [2.24, 2.45) is 34.5 Å². The Hall–Kier alpha value is -3.72. The summed E-state index contributed by atoms with van der Waals surface area (Å²) in [7, 11) is 0. The Morgan fingerprint density at radius 3 is 1.68 bits per heavy atom. The van der Waals surface area contributed by atoms with E-state index in [9.17, 15) is 33.9 Å². The maximum absolute atomic E-state index is 12.8. The van der Waals surface area contributed by atoms with Crippen LogP contribution in [0.2, 0.25) is 0 Å².